The van der Waals surface area contributed by atoms with E-state index in [2.05, 4.69) is 15.0 Å². The Hall–Kier alpha value is -4.25. The fourth-order valence-corrected chi connectivity index (χ4v) is 3.21. The van der Waals surface area contributed by atoms with Crippen molar-refractivity contribution >= 4 is 23.0 Å². The van der Waals surface area contributed by atoms with E-state index in [0.29, 0.717) is 21.5 Å². The van der Waals surface area contributed by atoms with Crippen molar-refractivity contribution in [1.82, 2.24) is 14.9 Å². The van der Waals surface area contributed by atoms with E-state index in [-0.39, 0.29) is 41.3 Å². The third-order valence-electron chi connectivity index (χ3n) is 4.81. The first-order valence-corrected chi connectivity index (χ1v) is 9.66. The van der Waals surface area contributed by atoms with Crippen LogP contribution in [0.15, 0.2) is 47.0 Å². The normalized spacial score (nSPS) is 11.0. The standard InChI is InChI=1S/C22H18FN3O7/c1-30-7-8-32-18-11-17-14(9-15(18)23)20(24-26(17)22(28)29)19-10-16(25-33-19)12-3-5-13(6-4-12)21(27)31-2/h3-6,9-11H,7-8H2,1-2H3,(H,28,29). The second kappa shape index (κ2) is 9.09. The summed E-state index contributed by atoms with van der Waals surface area (Å²) in [6.45, 7) is 0.329. The Labute approximate surface area is 186 Å². The lowest BCUT2D eigenvalue weighted by Crippen LogP contribution is -2.10. The number of hydrogen-bond acceptors (Lipinski definition) is 8. The van der Waals surface area contributed by atoms with Gasteiger partial charge in [0.1, 0.15) is 18.0 Å². The summed E-state index contributed by atoms with van der Waals surface area (Å²) in [6, 6.07) is 10.4. The van der Waals surface area contributed by atoms with Crippen molar-refractivity contribution in [2.24, 2.45) is 0 Å². The second-order valence-corrected chi connectivity index (χ2v) is 6.83. The lowest BCUT2D eigenvalue weighted by Gasteiger charge is -2.07. The Morgan fingerprint density at radius 1 is 1.12 bits per heavy atom. The Bertz CT molecular complexity index is 1330. The maximum absolute atomic E-state index is 14.6. The first kappa shape index (κ1) is 22.0. The molecule has 2 aromatic carbocycles. The van der Waals surface area contributed by atoms with Crippen LogP contribution in [-0.4, -0.2) is 59.5 Å². The minimum Gasteiger partial charge on any atom is -0.488 e. The van der Waals surface area contributed by atoms with E-state index in [1.807, 2.05) is 0 Å². The van der Waals surface area contributed by atoms with Crippen molar-refractivity contribution in [3.05, 3.63) is 53.8 Å². The Morgan fingerprint density at radius 2 is 1.88 bits per heavy atom. The first-order valence-electron chi connectivity index (χ1n) is 9.66. The van der Waals surface area contributed by atoms with E-state index in [9.17, 15) is 19.1 Å². The molecule has 10 nitrogen and oxygen atoms in total. The number of hydrogen-bond donors (Lipinski definition) is 1. The number of nitrogens with zero attached hydrogens (tertiary/aromatic N) is 3. The number of rotatable bonds is 7. The van der Waals surface area contributed by atoms with Crippen LogP contribution in [0, 0.1) is 5.82 Å². The highest BCUT2D eigenvalue weighted by atomic mass is 19.1. The molecular weight excluding hydrogens is 437 g/mol. The van der Waals surface area contributed by atoms with E-state index in [1.54, 1.807) is 30.3 Å². The molecule has 2 aromatic heterocycles. The molecule has 0 aliphatic carbocycles. The predicted molar refractivity (Wildman–Crippen MR) is 113 cm³/mol. The number of methoxy groups -OCH3 is 2. The Balaban J connectivity index is 1.73. The zero-order valence-corrected chi connectivity index (χ0v) is 17.6. The summed E-state index contributed by atoms with van der Waals surface area (Å²) in [5.41, 5.74) is 1.64. The molecule has 0 fully saturated rings. The molecule has 0 bridgehead atoms. The highest BCUT2D eigenvalue weighted by Gasteiger charge is 2.22. The van der Waals surface area contributed by atoms with Gasteiger partial charge in [-0.3, -0.25) is 0 Å². The maximum atomic E-state index is 14.6. The number of ether oxygens (including phenoxy) is 3. The summed E-state index contributed by atoms with van der Waals surface area (Å²) in [4.78, 5) is 23.3. The molecule has 170 valence electrons. The van der Waals surface area contributed by atoms with Gasteiger partial charge in [0.2, 0.25) is 0 Å². The zero-order chi connectivity index (χ0) is 23.5. The summed E-state index contributed by atoms with van der Waals surface area (Å²) < 4.78 is 35.6. The third-order valence-corrected chi connectivity index (χ3v) is 4.81. The van der Waals surface area contributed by atoms with E-state index in [1.165, 1.54) is 20.3 Å². The molecule has 0 radical (unpaired) electrons. The zero-order valence-electron chi connectivity index (χ0n) is 17.6. The minimum atomic E-state index is -1.36. The Kier molecular flexibility index (Phi) is 6.05. The number of carbonyl (C=O) groups is 2. The molecule has 2 heterocycles. The van der Waals surface area contributed by atoms with Crippen LogP contribution in [0.1, 0.15) is 10.4 Å². The van der Waals surface area contributed by atoms with Crippen molar-refractivity contribution in [3.8, 4) is 28.5 Å². The topological polar surface area (TPSA) is 126 Å². The van der Waals surface area contributed by atoms with E-state index >= 15 is 0 Å². The van der Waals surface area contributed by atoms with Crippen LogP contribution >= 0.6 is 0 Å². The molecular formula is C22H18FN3O7. The molecule has 0 atom stereocenters. The molecule has 1 N–H and O–H groups in total. The quantitative estimate of drug-likeness (QED) is 0.327. The van der Waals surface area contributed by atoms with Crippen LogP contribution in [0.5, 0.6) is 5.75 Å². The molecule has 0 unspecified atom stereocenters. The molecule has 4 rings (SSSR count). The highest BCUT2D eigenvalue weighted by molar-refractivity contribution is 5.97. The van der Waals surface area contributed by atoms with Gasteiger partial charge in [0, 0.05) is 30.2 Å². The van der Waals surface area contributed by atoms with Gasteiger partial charge in [-0.25, -0.2) is 14.0 Å². The van der Waals surface area contributed by atoms with Crippen LogP contribution < -0.4 is 4.74 Å². The van der Waals surface area contributed by atoms with Gasteiger partial charge in [0.05, 0.1) is 24.8 Å². The molecule has 0 spiro atoms. The van der Waals surface area contributed by atoms with Crippen LogP contribution in [0.25, 0.3) is 33.6 Å². The molecule has 0 aliphatic heterocycles. The average molecular weight is 455 g/mol. The smallest absolute Gasteiger partial charge is 0.432 e. The largest absolute Gasteiger partial charge is 0.488 e. The van der Waals surface area contributed by atoms with Gasteiger partial charge in [0.25, 0.3) is 0 Å². The fourth-order valence-electron chi connectivity index (χ4n) is 3.21. The minimum absolute atomic E-state index is 0.0905. The average Bonchev–Trinajstić information content (AvgIpc) is 3.44. The molecule has 0 saturated heterocycles. The summed E-state index contributed by atoms with van der Waals surface area (Å²) >= 11 is 0. The first-order chi connectivity index (χ1) is 15.9. The molecule has 33 heavy (non-hydrogen) atoms. The van der Waals surface area contributed by atoms with Crippen molar-refractivity contribution in [2.45, 2.75) is 0 Å². The molecule has 11 heteroatoms. The molecule has 0 amide bonds. The van der Waals surface area contributed by atoms with E-state index in [0.717, 1.165) is 6.07 Å². The number of esters is 1. The fraction of sp³-hybridized carbons (Fsp3) is 0.182. The van der Waals surface area contributed by atoms with Gasteiger partial charge in [-0.1, -0.05) is 17.3 Å². The van der Waals surface area contributed by atoms with Crippen LogP contribution in [0.4, 0.5) is 9.18 Å². The number of benzene rings is 2. The number of halogens is 1. The number of aromatic nitrogens is 3. The van der Waals surface area contributed by atoms with Gasteiger partial charge < -0.3 is 23.8 Å². The van der Waals surface area contributed by atoms with Gasteiger partial charge in [-0.05, 0) is 18.2 Å². The molecule has 4 aromatic rings. The summed E-state index contributed by atoms with van der Waals surface area (Å²) in [5, 5.41) is 17.8. The monoisotopic (exact) mass is 455 g/mol. The van der Waals surface area contributed by atoms with Gasteiger partial charge in [-0.2, -0.15) is 9.78 Å². The summed E-state index contributed by atoms with van der Waals surface area (Å²) in [6.07, 6.45) is -1.36. The van der Waals surface area contributed by atoms with Crippen molar-refractivity contribution in [2.75, 3.05) is 27.4 Å². The van der Waals surface area contributed by atoms with E-state index in [4.69, 9.17) is 14.0 Å². The van der Waals surface area contributed by atoms with Crippen LogP contribution in [-0.2, 0) is 9.47 Å². The van der Waals surface area contributed by atoms with E-state index < -0.39 is 17.9 Å². The molecule has 0 aliphatic rings. The SMILES string of the molecule is COCCOc1cc2c(cc1F)c(-c1cc(-c3ccc(C(=O)OC)cc3)no1)nn2C(=O)O. The number of carboxylic acid groups (broad SMARTS) is 1. The third kappa shape index (κ3) is 4.26. The van der Waals surface area contributed by atoms with Gasteiger partial charge in [-0.15, -0.1) is 0 Å². The summed E-state index contributed by atoms with van der Waals surface area (Å²) in [7, 11) is 2.77. The predicted octanol–water partition coefficient (Wildman–Crippen LogP) is 3.84. The Morgan fingerprint density at radius 3 is 2.55 bits per heavy atom. The lowest BCUT2D eigenvalue weighted by atomic mass is 10.1. The van der Waals surface area contributed by atoms with Crippen LogP contribution in [0.2, 0.25) is 0 Å². The van der Waals surface area contributed by atoms with Crippen molar-refractivity contribution in [3.63, 3.8) is 0 Å². The number of fused-ring (bicyclic) bond motifs is 1. The second-order valence-electron chi connectivity index (χ2n) is 6.83. The molecule has 0 saturated carbocycles. The maximum Gasteiger partial charge on any atom is 0.432 e. The lowest BCUT2D eigenvalue weighted by molar-refractivity contribution is 0.0600. The van der Waals surface area contributed by atoms with Crippen LogP contribution in [0.3, 0.4) is 0 Å². The number of carbonyl (C=O) groups excluding carboxylic acids is 1. The van der Waals surface area contributed by atoms with Gasteiger partial charge in [0.15, 0.2) is 17.3 Å². The van der Waals surface area contributed by atoms with Gasteiger partial charge >= 0.3 is 12.1 Å². The highest BCUT2D eigenvalue weighted by Crippen LogP contribution is 2.34. The van der Waals surface area contributed by atoms with Crippen molar-refractivity contribution in [1.29, 1.82) is 0 Å². The summed E-state index contributed by atoms with van der Waals surface area (Å²) in [5.74, 6) is -1.15. The van der Waals surface area contributed by atoms with Crippen molar-refractivity contribution < 1.29 is 37.8 Å².